The van der Waals surface area contributed by atoms with Gasteiger partial charge in [0.2, 0.25) is 15.9 Å². The van der Waals surface area contributed by atoms with Crippen LogP contribution in [0.5, 0.6) is 0 Å². The van der Waals surface area contributed by atoms with Crippen LogP contribution in [0.2, 0.25) is 0 Å². The second-order valence-electron chi connectivity index (χ2n) is 6.52. The van der Waals surface area contributed by atoms with Gasteiger partial charge in [0, 0.05) is 10.5 Å². The van der Waals surface area contributed by atoms with Crippen molar-refractivity contribution in [1.82, 2.24) is 10.0 Å². The number of carbonyl (C=O) groups is 1. The molecule has 146 valence electrons. The van der Waals surface area contributed by atoms with Gasteiger partial charge in [-0.05, 0) is 49.6 Å². The molecule has 0 saturated carbocycles. The highest BCUT2D eigenvalue weighted by Crippen LogP contribution is 2.16. The summed E-state index contributed by atoms with van der Waals surface area (Å²) in [6.07, 6.45) is 2.06. The van der Waals surface area contributed by atoms with Crippen LogP contribution >= 0.6 is 15.9 Å². The highest BCUT2D eigenvalue weighted by atomic mass is 79.9. The maximum atomic E-state index is 12.8. The van der Waals surface area contributed by atoms with Gasteiger partial charge in [-0.3, -0.25) is 4.79 Å². The van der Waals surface area contributed by atoms with Crippen molar-refractivity contribution in [1.29, 1.82) is 0 Å². The number of nitrogens with one attached hydrogen (secondary N) is 2. The number of sulfonamides is 1. The standard InChI is InChI=1S/C20H25BrN2O3S/c1-3-7-15(2)22-20(24)19(14-16-8-5-4-6-9-16)23-27(25,26)18-12-10-17(21)11-13-18/h4-6,8-13,15,19,23H,3,7,14H2,1-2H3,(H,22,24)/t15-,19+/m1/s1. The number of benzene rings is 2. The topological polar surface area (TPSA) is 75.3 Å². The van der Waals surface area contributed by atoms with Crippen LogP contribution in [0.4, 0.5) is 0 Å². The van der Waals surface area contributed by atoms with Crippen LogP contribution in [-0.2, 0) is 21.2 Å². The van der Waals surface area contributed by atoms with Crippen molar-refractivity contribution >= 4 is 31.9 Å². The molecule has 0 aliphatic heterocycles. The first kappa shape index (κ1) is 21.6. The van der Waals surface area contributed by atoms with Crippen LogP contribution < -0.4 is 10.0 Å². The summed E-state index contributed by atoms with van der Waals surface area (Å²) >= 11 is 3.29. The quantitative estimate of drug-likeness (QED) is 0.609. The zero-order valence-corrected chi connectivity index (χ0v) is 17.9. The predicted octanol–water partition coefficient (Wildman–Crippen LogP) is 3.64. The molecule has 0 radical (unpaired) electrons. The molecule has 2 N–H and O–H groups in total. The molecule has 0 aromatic heterocycles. The number of rotatable bonds is 9. The van der Waals surface area contributed by atoms with Crippen molar-refractivity contribution in [3.63, 3.8) is 0 Å². The molecule has 2 atom stereocenters. The Bertz CT molecular complexity index is 839. The lowest BCUT2D eigenvalue weighted by Gasteiger charge is -2.21. The average molecular weight is 453 g/mol. The van der Waals surface area contributed by atoms with Crippen LogP contribution in [0.1, 0.15) is 32.3 Å². The molecule has 0 fully saturated rings. The van der Waals surface area contributed by atoms with Crippen molar-refractivity contribution in [2.75, 3.05) is 0 Å². The summed E-state index contributed by atoms with van der Waals surface area (Å²) in [7, 11) is -3.82. The van der Waals surface area contributed by atoms with E-state index in [-0.39, 0.29) is 23.3 Å². The Kier molecular flexibility index (Phi) is 8.01. The SMILES string of the molecule is CCC[C@@H](C)NC(=O)[C@H](Cc1ccccc1)NS(=O)(=O)c1ccc(Br)cc1. The predicted molar refractivity (Wildman–Crippen MR) is 111 cm³/mol. The van der Waals surface area contributed by atoms with Gasteiger partial charge >= 0.3 is 0 Å². The van der Waals surface area contributed by atoms with E-state index < -0.39 is 16.1 Å². The monoisotopic (exact) mass is 452 g/mol. The molecule has 1 amide bonds. The second kappa shape index (κ2) is 10.0. The molecule has 2 aromatic rings. The second-order valence-corrected chi connectivity index (χ2v) is 9.15. The van der Waals surface area contributed by atoms with Crippen molar-refractivity contribution in [2.24, 2.45) is 0 Å². The average Bonchev–Trinajstić information content (AvgIpc) is 2.62. The van der Waals surface area contributed by atoms with E-state index in [1.54, 1.807) is 12.1 Å². The minimum Gasteiger partial charge on any atom is -0.352 e. The van der Waals surface area contributed by atoms with Crippen molar-refractivity contribution in [3.8, 4) is 0 Å². The highest BCUT2D eigenvalue weighted by Gasteiger charge is 2.26. The molecule has 0 aliphatic carbocycles. The van der Waals surface area contributed by atoms with Gasteiger partial charge < -0.3 is 5.32 Å². The van der Waals surface area contributed by atoms with Gasteiger partial charge in [0.15, 0.2) is 0 Å². The lowest BCUT2D eigenvalue weighted by Crippen LogP contribution is -2.50. The van der Waals surface area contributed by atoms with E-state index in [4.69, 9.17) is 0 Å². The summed E-state index contributed by atoms with van der Waals surface area (Å²) < 4.78 is 28.9. The lowest BCUT2D eigenvalue weighted by atomic mass is 10.1. The lowest BCUT2D eigenvalue weighted by molar-refractivity contribution is -0.123. The van der Waals surface area contributed by atoms with Gasteiger partial charge in [0.05, 0.1) is 4.90 Å². The summed E-state index contributed by atoms with van der Waals surface area (Å²) in [5, 5.41) is 2.91. The number of hydrogen-bond donors (Lipinski definition) is 2. The maximum absolute atomic E-state index is 12.8. The van der Waals surface area contributed by atoms with Crippen LogP contribution in [0.15, 0.2) is 64.0 Å². The first-order valence-electron chi connectivity index (χ1n) is 8.94. The van der Waals surface area contributed by atoms with E-state index in [1.165, 1.54) is 12.1 Å². The molecule has 0 aliphatic rings. The van der Waals surface area contributed by atoms with Gasteiger partial charge in [-0.25, -0.2) is 8.42 Å². The van der Waals surface area contributed by atoms with Crippen LogP contribution in [0, 0.1) is 0 Å². The first-order valence-corrected chi connectivity index (χ1v) is 11.2. The zero-order chi connectivity index (χ0) is 19.9. The number of hydrogen-bond acceptors (Lipinski definition) is 3. The fourth-order valence-electron chi connectivity index (χ4n) is 2.76. The first-order chi connectivity index (χ1) is 12.8. The van der Waals surface area contributed by atoms with Crippen LogP contribution in [0.3, 0.4) is 0 Å². The molecule has 0 heterocycles. The summed E-state index contributed by atoms with van der Waals surface area (Å²) in [6.45, 7) is 3.96. The molecule has 0 saturated heterocycles. The molecule has 0 spiro atoms. The van der Waals surface area contributed by atoms with E-state index in [0.717, 1.165) is 22.9 Å². The minimum absolute atomic E-state index is 0.0158. The van der Waals surface area contributed by atoms with E-state index in [9.17, 15) is 13.2 Å². The van der Waals surface area contributed by atoms with E-state index in [0.29, 0.717) is 0 Å². The summed E-state index contributed by atoms with van der Waals surface area (Å²) in [5.74, 6) is -0.319. The summed E-state index contributed by atoms with van der Waals surface area (Å²) in [5.41, 5.74) is 0.888. The molecular formula is C20H25BrN2O3S. The molecule has 2 rings (SSSR count). The fourth-order valence-corrected chi connectivity index (χ4v) is 4.22. The Balaban J connectivity index is 2.22. The Morgan fingerprint density at radius 1 is 1.07 bits per heavy atom. The van der Waals surface area contributed by atoms with Gasteiger partial charge in [-0.15, -0.1) is 0 Å². The van der Waals surface area contributed by atoms with E-state index in [1.807, 2.05) is 44.2 Å². The van der Waals surface area contributed by atoms with Crippen LogP contribution in [0.25, 0.3) is 0 Å². The third kappa shape index (κ3) is 6.75. The summed E-state index contributed by atoms with van der Waals surface area (Å²) in [4.78, 5) is 12.9. The Morgan fingerprint density at radius 3 is 2.30 bits per heavy atom. The molecule has 2 aromatic carbocycles. The number of amides is 1. The zero-order valence-electron chi connectivity index (χ0n) is 15.5. The smallest absolute Gasteiger partial charge is 0.241 e. The van der Waals surface area contributed by atoms with Crippen molar-refractivity contribution in [3.05, 3.63) is 64.6 Å². The number of carbonyl (C=O) groups excluding carboxylic acids is 1. The maximum Gasteiger partial charge on any atom is 0.241 e. The molecule has 27 heavy (non-hydrogen) atoms. The third-order valence-corrected chi connectivity index (χ3v) is 6.15. The molecule has 0 unspecified atom stereocenters. The largest absolute Gasteiger partial charge is 0.352 e. The molecular weight excluding hydrogens is 428 g/mol. The molecule has 7 heteroatoms. The fraction of sp³-hybridized carbons (Fsp3) is 0.350. The number of halogens is 1. The molecule has 5 nitrogen and oxygen atoms in total. The Morgan fingerprint density at radius 2 is 1.70 bits per heavy atom. The Hall–Kier alpha value is -1.70. The normalized spacial score (nSPS) is 13.7. The van der Waals surface area contributed by atoms with Crippen molar-refractivity contribution < 1.29 is 13.2 Å². The van der Waals surface area contributed by atoms with E-state index in [2.05, 4.69) is 26.0 Å². The van der Waals surface area contributed by atoms with Gasteiger partial charge in [0.25, 0.3) is 0 Å². The van der Waals surface area contributed by atoms with Gasteiger partial charge in [-0.2, -0.15) is 4.72 Å². The van der Waals surface area contributed by atoms with E-state index >= 15 is 0 Å². The Labute approximate surface area is 169 Å². The summed E-state index contributed by atoms with van der Waals surface area (Å²) in [6, 6.07) is 14.8. The van der Waals surface area contributed by atoms with Gasteiger partial charge in [0.1, 0.15) is 6.04 Å². The molecule has 0 bridgehead atoms. The van der Waals surface area contributed by atoms with Crippen LogP contribution in [-0.4, -0.2) is 26.4 Å². The highest BCUT2D eigenvalue weighted by molar-refractivity contribution is 9.10. The van der Waals surface area contributed by atoms with Crippen molar-refractivity contribution in [2.45, 2.75) is 50.1 Å². The third-order valence-electron chi connectivity index (χ3n) is 4.13. The van der Waals surface area contributed by atoms with Gasteiger partial charge in [-0.1, -0.05) is 59.6 Å². The minimum atomic E-state index is -3.82.